The summed E-state index contributed by atoms with van der Waals surface area (Å²) in [5.41, 5.74) is 12.0. The van der Waals surface area contributed by atoms with E-state index in [1.165, 1.54) is 0 Å². The van der Waals surface area contributed by atoms with E-state index < -0.39 is 16.1 Å². The van der Waals surface area contributed by atoms with Crippen LogP contribution >= 0.6 is 0 Å². The maximum absolute atomic E-state index is 5.98. The van der Waals surface area contributed by atoms with Crippen LogP contribution in [0.3, 0.4) is 0 Å². The summed E-state index contributed by atoms with van der Waals surface area (Å²) in [6.07, 6.45) is 0. The molecule has 0 heterocycles. The van der Waals surface area contributed by atoms with Crippen molar-refractivity contribution in [2.45, 2.75) is 43.9 Å². The zero-order valence-corrected chi connectivity index (χ0v) is 12.1. The van der Waals surface area contributed by atoms with E-state index in [0.717, 1.165) is 13.1 Å². The van der Waals surface area contributed by atoms with E-state index in [2.05, 4.69) is 39.3 Å². The Morgan fingerprint density at radius 1 is 0.769 bits per heavy atom. The van der Waals surface area contributed by atoms with E-state index in [1.807, 2.05) is 0 Å². The van der Waals surface area contributed by atoms with Crippen LogP contribution in [0.15, 0.2) is 0 Å². The van der Waals surface area contributed by atoms with Crippen LogP contribution < -0.4 is 11.5 Å². The normalized spacial score (nSPS) is 14.8. The van der Waals surface area contributed by atoms with Crippen LogP contribution in [0, 0.1) is 0 Å². The quantitative estimate of drug-likeness (QED) is 0.708. The molecule has 0 aromatic carbocycles. The van der Waals surface area contributed by atoms with Crippen molar-refractivity contribution in [3.63, 3.8) is 0 Å². The van der Waals surface area contributed by atoms with E-state index in [0.29, 0.717) is 4.66 Å². The lowest BCUT2D eigenvalue weighted by molar-refractivity contribution is 0.706. The first-order valence-corrected chi connectivity index (χ1v) is 12.0. The standard InChI is InChI=1S/C9H26N2Si2/c1-12(2,3)9(7-10,8-11)13(4,5)6/h7-8,10-11H2,1-6H3. The number of hydrogen-bond donors (Lipinski definition) is 2. The second kappa shape index (κ2) is 3.84. The van der Waals surface area contributed by atoms with Gasteiger partial charge in [-0.2, -0.15) is 0 Å². The minimum absolute atomic E-state index is 0.292. The first-order chi connectivity index (χ1) is 5.62. The van der Waals surface area contributed by atoms with Crippen molar-refractivity contribution in [2.75, 3.05) is 13.1 Å². The topological polar surface area (TPSA) is 52.0 Å². The van der Waals surface area contributed by atoms with Gasteiger partial charge in [-0.3, -0.25) is 0 Å². The molecule has 4 heteroatoms. The van der Waals surface area contributed by atoms with Crippen LogP contribution in [0.1, 0.15) is 0 Å². The highest BCUT2D eigenvalue weighted by atomic mass is 28.4. The third-order valence-electron chi connectivity index (χ3n) is 3.57. The van der Waals surface area contributed by atoms with E-state index in [-0.39, 0.29) is 0 Å². The van der Waals surface area contributed by atoms with Gasteiger partial charge < -0.3 is 11.5 Å². The molecular weight excluding hydrogens is 192 g/mol. The molecular formula is C9H26N2Si2. The summed E-state index contributed by atoms with van der Waals surface area (Å²) in [5, 5.41) is 0. The molecule has 0 aromatic rings. The summed E-state index contributed by atoms with van der Waals surface area (Å²) in [6.45, 7) is 15.9. The SMILES string of the molecule is C[Si](C)(C)C(CN)(CN)[Si](C)(C)C. The minimum Gasteiger partial charge on any atom is -0.330 e. The summed E-state index contributed by atoms with van der Waals surface area (Å²) < 4.78 is 0.292. The van der Waals surface area contributed by atoms with Crippen molar-refractivity contribution in [3.05, 3.63) is 0 Å². The molecule has 0 bridgehead atoms. The van der Waals surface area contributed by atoms with E-state index in [1.54, 1.807) is 0 Å². The van der Waals surface area contributed by atoms with E-state index in [4.69, 9.17) is 11.5 Å². The highest BCUT2D eigenvalue weighted by Crippen LogP contribution is 2.44. The van der Waals surface area contributed by atoms with Gasteiger partial charge in [0.2, 0.25) is 0 Å². The molecule has 0 spiro atoms. The fourth-order valence-electron chi connectivity index (χ4n) is 2.43. The van der Waals surface area contributed by atoms with E-state index in [9.17, 15) is 0 Å². The van der Waals surface area contributed by atoms with Gasteiger partial charge in [0.25, 0.3) is 0 Å². The largest absolute Gasteiger partial charge is 0.330 e. The monoisotopic (exact) mass is 218 g/mol. The van der Waals surface area contributed by atoms with Gasteiger partial charge in [0.05, 0.1) is 16.1 Å². The van der Waals surface area contributed by atoms with Gasteiger partial charge in [-0.1, -0.05) is 39.3 Å². The highest BCUT2D eigenvalue weighted by Gasteiger charge is 2.50. The molecule has 0 aliphatic rings. The lowest BCUT2D eigenvalue weighted by Crippen LogP contribution is -2.61. The summed E-state index contributed by atoms with van der Waals surface area (Å²) in [7, 11) is -2.52. The van der Waals surface area contributed by atoms with Crippen molar-refractivity contribution in [3.8, 4) is 0 Å². The van der Waals surface area contributed by atoms with Gasteiger partial charge >= 0.3 is 0 Å². The van der Waals surface area contributed by atoms with Crippen molar-refractivity contribution < 1.29 is 0 Å². The third kappa shape index (κ3) is 2.23. The Labute approximate surface area is 85.1 Å². The molecule has 2 nitrogen and oxygen atoms in total. The molecule has 80 valence electrons. The second-order valence-electron chi connectivity index (χ2n) is 5.99. The predicted molar refractivity (Wildman–Crippen MR) is 67.5 cm³/mol. The Bertz CT molecular complexity index is 147. The summed E-state index contributed by atoms with van der Waals surface area (Å²) in [4.78, 5) is 0. The molecule has 0 amide bonds. The Kier molecular flexibility index (Phi) is 3.95. The Hall–Kier alpha value is 0.354. The Balaban J connectivity index is 5.17. The van der Waals surface area contributed by atoms with Crippen molar-refractivity contribution >= 4 is 16.1 Å². The summed E-state index contributed by atoms with van der Waals surface area (Å²) >= 11 is 0. The van der Waals surface area contributed by atoms with E-state index >= 15 is 0 Å². The molecule has 13 heavy (non-hydrogen) atoms. The highest BCUT2D eigenvalue weighted by molar-refractivity contribution is 6.99. The molecule has 0 atom stereocenters. The first-order valence-electron chi connectivity index (χ1n) is 5.02. The minimum atomic E-state index is -1.26. The van der Waals surface area contributed by atoms with Crippen LogP contribution in [-0.4, -0.2) is 29.2 Å². The second-order valence-corrected chi connectivity index (χ2v) is 17.4. The zero-order chi connectivity index (χ0) is 10.9. The predicted octanol–water partition coefficient (Wildman–Crippen LogP) is 1.86. The zero-order valence-electron chi connectivity index (χ0n) is 10.1. The van der Waals surface area contributed by atoms with Crippen molar-refractivity contribution in [1.82, 2.24) is 0 Å². The maximum Gasteiger partial charge on any atom is 0.0509 e. The summed E-state index contributed by atoms with van der Waals surface area (Å²) in [5.74, 6) is 0. The van der Waals surface area contributed by atoms with Crippen LogP contribution in [0.4, 0.5) is 0 Å². The van der Waals surface area contributed by atoms with Gasteiger partial charge in [-0.15, -0.1) is 0 Å². The summed E-state index contributed by atoms with van der Waals surface area (Å²) in [6, 6.07) is 0. The smallest absolute Gasteiger partial charge is 0.0509 e. The fourth-order valence-corrected chi connectivity index (χ4v) is 13.9. The molecule has 4 N–H and O–H groups in total. The van der Waals surface area contributed by atoms with Gasteiger partial charge in [0, 0.05) is 0 Å². The van der Waals surface area contributed by atoms with Gasteiger partial charge in [-0.25, -0.2) is 0 Å². The molecule has 0 aliphatic carbocycles. The van der Waals surface area contributed by atoms with Crippen LogP contribution in [0.25, 0.3) is 0 Å². The van der Waals surface area contributed by atoms with Gasteiger partial charge in [0.15, 0.2) is 0 Å². The molecule has 0 aromatic heterocycles. The molecule has 0 saturated heterocycles. The van der Waals surface area contributed by atoms with Crippen molar-refractivity contribution in [1.29, 1.82) is 0 Å². The average Bonchev–Trinajstić information content (AvgIpc) is 1.84. The maximum atomic E-state index is 5.98. The molecule has 0 unspecified atom stereocenters. The molecule has 0 aliphatic heterocycles. The molecule has 0 saturated carbocycles. The van der Waals surface area contributed by atoms with Crippen LogP contribution in [0.2, 0.25) is 43.9 Å². The van der Waals surface area contributed by atoms with Gasteiger partial charge in [0.1, 0.15) is 0 Å². The third-order valence-corrected chi connectivity index (χ3v) is 14.6. The lowest BCUT2D eigenvalue weighted by Gasteiger charge is -2.50. The Morgan fingerprint density at radius 2 is 1.00 bits per heavy atom. The fraction of sp³-hybridized carbons (Fsp3) is 1.00. The number of hydrogen-bond acceptors (Lipinski definition) is 2. The molecule has 0 rings (SSSR count). The van der Waals surface area contributed by atoms with Crippen molar-refractivity contribution in [2.24, 2.45) is 11.5 Å². The van der Waals surface area contributed by atoms with Crippen LogP contribution in [-0.2, 0) is 0 Å². The number of nitrogens with two attached hydrogens (primary N) is 2. The molecule has 0 fully saturated rings. The first kappa shape index (κ1) is 13.4. The Morgan fingerprint density at radius 3 is 1.00 bits per heavy atom. The van der Waals surface area contributed by atoms with Gasteiger partial charge in [-0.05, 0) is 17.8 Å². The lowest BCUT2D eigenvalue weighted by atomic mass is 10.4. The average molecular weight is 218 g/mol. The van der Waals surface area contributed by atoms with Crippen LogP contribution in [0.5, 0.6) is 0 Å². The molecule has 0 radical (unpaired) electrons. The number of rotatable bonds is 4.